The standard InChI is InChI=1S/C18H22N2O5/c1-3-11-16(15(6-19)20-17(11)18(24)25-2)12-5-4-10(7-21)13(8-22)14(12)9-23/h3-5,20-23H,1,6-9,19H2,2H3. The summed E-state index contributed by atoms with van der Waals surface area (Å²) in [7, 11) is 1.27. The predicted octanol–water partition coefficient (Wildman–Crippen LogP) is 1.05. The summed E-state index contributed by atoms with van der Waals surface area (Å²) < 4.78 is 4.78. The van der Waals surface area contributed by atoms with E-state index >= 15 is 0 Å². The number of aromatic nitrogens is 1. The third kappa shape index (κ3) is 3.22. The van der Waals surface area contributed by atoms with Crippen molar-refractivity contribution in [1.82, 2.24) is 4.98 Å². The van der Waals surface area contributed by atoms with Crippen molar-refractivity contribution in [1.29, 1.82) is 0 Å². The highest BCUT2D eigenvalue weighted by atomic mass is 16.5. The second kappa shape index (κ2) is 8.09. The Hall–Kier alpha value is -2.45. The van der Waals surface area contributed by atoms with Crippen molar-refractivity contribution in [2.24, 2.45) is 5.73 Å². The molecule has 0 amide bonds. The molecule has 1 aromatic heterocycles. The average Bonchev–Trinajstić information content (AvgIpc) is 3.04. The number of esters is 1. The lowest BCUT2D eigenvalue weighted by Crippen LogP contribution is -2.05. The van der Waals surface area contributed by atoms with E-state index in [0.717, 1.165) is 0 Å². The lowest BCUT2D eigenvalue weighted by Gasteiger charge is -2.16. The maximum Gasteiger partial charge on any atom is 0.355 e. The molecule has 0 bridgehead atoms. The summed E-state index contributed by atoms with van der Waals surface area (Å²) in [5, 5.41) is 29.0. The van der Waals surface area contributed by atoms with Crippen LogP contribution >= 0.6 is 0 Å². The Labute approximate surface area is 145 Å². The van der Waals surface area contributed by atoms with Crippen molar-refractivity contribution in [3.8, 4) is 11.1 Å². The van der Waals surface area contributed by atoms with E-state index in [1.165, 1.54) is 13.2 Å². The number of H-pyrrole nitrogens is 1. The number of carbonyl (C=O) groups is 1. The molecule has 2 rings (SSSR count). The molecule has 1 aromatic carbocycles. The number of nitrogens with two attached hydrogens (primary N) is 1. The molecular weight excluding hydrogens is 324 g/mol. The molecule has 0 spiro atoms. The Kier molecular flexibility index (Phi) is 6.11. The summed E-state index contributed by atoms with van der Waals surface area (Å²) >= 11 is 0. The highest BCUT2D eigenvalue weighted by Gasteiger charge is 2.24. The minimum Gasteiger partial charge on any atom is -0.464 e. The van der Waals surface area contributed by atoms with Crippen LogP contribution in [0.4, 0.5) is 0 Å². The first-order chi connectivity index (χ1) is 12.1. The fourth-order valence-electron chi connectivity index (χ4n) is 3.00. The van der Waals surface area contributed by atoms with Crippen LogP contribution in [0.2, 0.25) is 0 Å². The summed E-state index contributed by atoms with van der Waals surface area (Å²) in [6.07, 6.45) is 1.51. The second-order valence-electron chi connectivity index (χ2n) is 5.37. The molecule has 7 heteroatoms. The lowest BCUT2D eigenvalue weighted by molar-refractivity contribution is 0.0594. The Morgan fingerprint density at radius 2 is 1.92 bits per heavy atom. The summed E-state index contributed by atoms with van der Waals surface area (Å²) in [5.41, 5.74) is 9.75. The second-order valence-corrected chi connectivity index (χ2v) is 5.37. The maximum absolute atomic E-state index is 12.0. The van der Waals surface area contributed by atoms with Gasteiger partial charge in [-0.3, -0.25) is 0 Å². The van der Waals surface area contributed by atoms with E-state index in [1.54, 1.807) is 12.1 Å². The molecule has 0 aliphatic carbocycles. The van der Waals surface area contributed by atoms with Gasteiger partial charge in [0.1, 0.15) is 5.69 Å². The topological polar surface area (TPSA) is 129 Å². The average molecular weight is 346 g/mol. The van der Waals surface area contributed by atoms with Gasteiger partial charge in [-0.15, -0.1) is 0 Å². The Bertz CT molecular complexity index is 795. The van der Waals surface area contributed by atoms with Gasteiger partial charge in [0, 0.05) is 23.4 Å². The van der Waals surface area contributed by atoms with Crippen LogP contribution < -0.4 is 5.73 Å². The van der Waals surface area contributed by atoms with Crippen LogP contribution in [0.25, 0.3) is 17.2 Å². The fraction of sp³-hybridized carbons (Fsp3) is 0.278. The van der Waals surface area contributed by atoms with Gasteiger partial charge in [0.2, 0.25) is 0 Å². The molecule has 0 aliphatic rings. The number of hydrogen-bond donors (Lipinski definition) is 5. The third-order valence-corrected chi connectivity index (χ3v) is 4.20. The molecule has 1 heterocycles. The van der Waals surface area contributed by atoms with Gasteiger partial charge in [-0.05, 0) is 22.3 Å². The molecule has 0 fully saturated rings. The third-order valence-electron chi connectivity index (χ3n) is 4.20. The van der Waals surface area contributed by atoms with E-state index in [9.17, 15) is 20.1 Å². The summed E-state index contributed by atoms with van der Waals surface area (Å²) in [5.74, 6) is -0.559. The highest BCUT2D eigenvalue weighted by molar-refractivity contribution is 5.97. The highest BCUT2D eigenvalue weighted by Crippen LogP contribution is 2.36. The normalized spacial score (nSPS) is 10.8. The van der Waals surface area contributed by atoms with Crippen LogP contribution in [0.5, 0.6) is 0 Å². The van der Waals surface area contributed by atoms with Crippen LogP contribution in [-0.4, -0.2) is 33.4 Å². The van der Waals surface area contributed by atoms with Crippen molar-refractivity contribution in [3.63, 3.8) is 0 Å². The van der Waals surface area contributed by atoms with Crippen molar-refractivity contribution in [2.45, 2.75) is 26.4 Å². The zero-order valence-electron chi connectivity index (χ0n) is 14.0. The van der Waals surface area contributed by atoms with Crippen LogP contribution in [-0.2, 0) is 31.1 Å². The number of ether oxygens (including phenoxy) is 1. The van der Waals surface area contributed by atoms with E-state index in [4.69, 9.17) is 10.5 Å². The molecule has 0 aliphatic heterocycles. The SMILES string of the molecule is C=Cc1c(C(=O)OC)[nH]c(CN)c1-c1ccc(CO)c(CO)c1CO. The van der Waals surface area contributed by atoms with Gasteiger partial charge in [-0.25, -0.2) is 4.79 Å². The molecule has 0 atom stereocenters. The van der Waals surface area contributed by atoms with Gasteiger partial charge in [-0.1, -0.05) is 24.8 Å². The first kappa shape index (κ1) is 18.9. The number of rotatable bonds is 7. The van der Waals surface area contributed by atoms with Crippen molar-refractivity contribution in [3.05, 3.63) is 52.4 Å². The molecule has 0 saturated heterocycles. The zero-order valence-corrected chi connectivity index (χ0v) is 14.0. The van der Waals surface area contributed by atoms with E-state index in [2.05, 4.69) is 11.6 Å². The number of aromatic amines is 1. The molecule has 0 radical (unpaired) electrons. The van der Waals surface area contributed by atoms with Gasteiger partial charge in [-0.2, -0.15) is 0 Å². The number of benzene rings is 1. The molecular formula is C18H22N2O5. The van der Waals surface area contributed by atoms with Crippen molar-refractivity contribution >= 4 is 12.0 Å². The van der Waals surface area contributed by atoms with Gasteiger partial charge < -0.3 is 30.8 Å². The van der Waals surface area contributed by atoms with Crippen molar-refractivity contribution in [2.75, 3.05) is 7.11 Å². The van der Waals surface area contributed by atoms with Gasteiger partial charge in [0.05, 0.1) is 26.9 Å². The summed E-state index contributed by atoms with van der Waals surface area (Å²) in [6.45, 7) is 2.92. The molecule has 6 N–H and O–H groups in total. The molecule has 0 saturated carbocycles. The first-order valence-corrected chi connectivity index (χ1v) is 7.70. The number of hydrogen-bond acceptors (Lipinski definition) is 6. The lowest BCUT2D eigenvalue weighted by atomic mass is 9.90. The van der Waals surface area contributed by atoms with E-state index in [-0.39, 0.29) is 32.1 Å². The molecule has 2 aromatic rings. The number of aliphatic hydroxyl groups excluding tert-OH is 3. The Morgan fingerprint density at radius 3 is 2.40 bits per heavy atom. The van der Waals surface area contributed by atoms with E-state index < -0.39 is 5.97 Å². The van der Waals surface area contributed by atoms with Crippen LogP contribution in [0.3, 0.4) is 0 Å². The smallest absolute Gasteiger partial charge is 0.355 e. The van der Waals surface area contributed by atoms with E-state index in [0.29, 0.717) is 39.1 Å². The zero-order chi connectivity index (χ0) is 18.6. The minimum absolute atomic E-state index is 0.119. The molecule has 134 valence electrons. The monoisotopic (exact) mass is 346 g/mol. The Balaban J connectivity index is 2.84. The number of aliphatic hydroxyl groups is 3. The summed E-state index contributed by atoms with van der Waals surface area (Å²) in [4.78, 5) is 15.0. The van der Waals surface area contributed by atoms with Crippen LogP contribution in [0.15, 0.2) is 18.7 Å². The molecule has 25 heavy (non-hydrogen) atoms. The van der Waals surface area contributed by atoms with Gasteiger partial charge in [0.25, 0.3) is 0 Å². The predicted molar refractivity (Wildman–Crippen MR) is 93.3 cm³/mol. The summed E-state index contributed by atoms with van der Waals surface area (Å²) in [6, 6.07) is 3.38. The van der Waals surface area contributed by atoms with Crippen LogP contribution in [0, 0.1) is 0 Å². The fourth-order valence-corrected chi connectivity index (χ4v) is 3.00. The molecule has 0 unspecified atom stereocenters. The molecule has 7 nitrogen and oxygen atoms in total. The Morgan fingerprint density at radius 1 is 1.24 bits per heavy atom. The number of methoxy groups -OCH3 is 1. The quantitative estimate of drug-likeness (QED) is 0.477. The van der Waals surface area contributed by atoms with Crippen LogP contribution in [0.1, 0.15) is 38.4 Å². The van der Waals surface area contributed by atoms with Gasteiger partial charge in [0.15, 0.2) is 0 Å². The first-order valence-electron chi connectivity index (χ1n) is 7.70. The van der Waals surface area contributed by atoms with Crippen molar-refractivity contribution < 1.29 is 24.9 Å². The van der Waals surface area contributed by atoms with E-state index in [1.807, 2.05) is 0 Å². The minimum atomic E-state index is -0.559. The number of carbonyl (C=O) groups excluding carboxylic acids is 1. The largest absolute Gasteiger partial charge is 0.464 e. The number of nitrogens with one attached hydrogen (secondary N) is 1. The van der Waals surface area contributed by atoms with Gasteiger partial charge >= 0.3 is 5.97 Å². The maximum atomic E-state index is 12.0.